The third-order valence-corrected chi connectivity index (χ3v) is 3.34. The Morgan fingerprint density at radius 1 is 1.35 bits per heavy atom. The molecule has 0 atom stereocenters. The molecule has 1 aromatic carbocycles. The first-order valence-corrected chi connectivity index (χ1v) is 6.93. The molecule has 0 unspecified atom stereocenters. The van der Waals surface area contributed by atoms with Crippen molar-refractivity contribution in [3.8, 4) is 0 Å². The molecular formula is C16H20N2O2. The van der Waals surface area contributed by atoms with Crippen molar-refractivity contribution >= 4 is 22.6 Å². The van der Waals surface area contributed by atoms with Gasteiger partial charge in [-0.2, -0.15) is 0 Å². The fourth-order valence-corrected chi connectivity index (χ4v) is 2.29. The maximum Gasteiger partial charge on any atom is 0.309 e. The van der Waals surface area contributed by atoms with Crippen LogP contribution in [-0.4, -0.2) is 29.7 Å². The van der Waals surface area contributed by atoms with Gasteiger partial charge in [0.25, 0.3) is 0 Å². The minimum Gasteiger partial charge on any atom is -0.481 e. The third-order valence-electron chi connectivity index (χ3n) is 3.34. The molecule has 106 valence electrons. The number of fused-ring (bicyclic) bond motifs is 1. The lowest BCUT2D eigenvalue weighted by molar-refractivity contribution is -0.136. The Kier molecular flexibility index (Phi) is 4.56. The molecule has 0 aliphatic heterocycles. The van der Waals surface area contributed by atoms with Crippen LogP contribution in [-0.2, 0) is 11.2 Å². The second-order valence-electron chi connectivity index (χ2n) is 5.00. The number of nitrogens with zero attached hydrogens (tertiary/aromatic N) is 2. The molecule has 0 saturated carbocycles. The first kappa shape index (κ1) is 14.3. The van der Waals surface area contributed by atoms with Gasteiger partial charge in [-0.3, -0.25) is 9.78 Å². The third kappa shape index (κ3) is 3.26. The molecule has 0 aliphatic rings. The van der Waals surface area contributed by atoms with Gasteiger partial charge in [-0.25, -0.2) is 0 Å². The van der Waals surface area contributed by atoms with Crippen molar-refractivity contribution in [1.82, 2.24) is 4.98 Å². The van der Waals surface area contributed by atoms with Gasteiger partial charge >= 0.3 is 5.97 Å². The van der Waals surface area contributed by atoms with Gasteiger partial charge in [0.2, 0.25) is 0 Å². The Balaban J connectivity index is 2.45. The molecular weight excluding hydrogens is 252 g/mol. The van der Waals surface area contributed by atoms with Crippen LogP contribution in [0.15, 0.2) is 30.3 Å². The lowest BCUT2D eigenvalue weighted by Gasteiger charge is -2.21. The number of hydrogen-bond acceptors (Lipinski definition) is 3. The highest BCUT2D eigenvalue weighted by Gasteiger charge is 2.11. The number of rotatable bonds is 6. The van der Waals surface area contributed by atoms with Gasteiger partial charge in [-0.15, -0.1) is 0 Å². The molecule has 0 radical (unpaired) electrons. The second-order valence-corrected chi connectivity index (χ2v) is 5.00. The molecule has 0 aliphatic carbocycles. The molecule has 1 heterocycles. The van der Waals surface area contributed by atoms with E-state index in [4.69, 9.17) is 5.11 Å². The van der Waals surface area contributed by atoms with E-state index in [1.165, 1.54) is 0 Å². The molecule has 1 aromatic heterocycles. The SMILES string of the molecule is CCCCN(C)c1cc(CC(=O)O)nc2ccccc12. The summed E-state index contributed by atoms with van der Waals surface area (Å²) in [6.45, 7) is 3.12. The Hall–Kier alpha value is -2.10. The van der Waals surface area contributed by atoms with Crippen molar-refractivity contribution in [3.05, 3.63) is 36.0 Å². The number of carboxylic acids is 1. The minimum atomic E-state index is -0.852. The lowest BCUT2D eigenvalue weighted by atomic mass is 10.1. The first-order valence-electron chi connectivity index (χ1n) is 6.93. The number of aromatic nitrogens is 1. The Morgan fingerprint density at radius 2 is 2.10 bits per heavy atom. The van der Waals surface area contributed by atoms with E-state index in [1.54, 1.807) is 0 Å². The van der Waals surface area contributed by atoms with Crippen LogP contribution in [0.25, 0.3) is 10.9 Å². The highest BCUT2D eigenvalue weighted by Crippen LogP contribution is 2.26. The number of aliphatic carboxylic acids is 1. The van der Waals surface area contributed by atoms with Crippen LogP contribution in [0.3, 0.4) is 0 Å². The van der Waals surface area contributed by atoms with E-state index in [0.29, 0.717) is 5.69 Å². The van der Waals surface area contributed by atoms with Crippen LogP contribution in [0.5, 0.6) is 0 Å². The Bertz CT molecular complexity index is 610. The molecule has 0 amide bonds. The van der Waals surface area contributed by atoms with Crippen LogP contribution in [0.1, 0.15) is 25.5 Å². The fourth-order valence-electron chi connectivity index (χ4n) is 2.29. The molecule has 0 spiro atoms. The summed E-state index contributed by atoms with van der Waals surface area (Å²) >= 11 is 0. The van der Waals surface area contributed by atoms with Gasteiger partial charge < -0.3 is 10.0 Å². The number of carboxylic acid groups (broad SMARTS) is 1. The van der Waals surface area contributed by atoms with E-state index in [9.17, 15) is 4.79 Å². The summed E-state index contributed by atoms with van der Waals surface area (Å²) in [6.07, 6.45) is 2.20. The summed E-state index contributed by atoms with van der Waals surface area (Å²) in [5.74, 6) is -0.852. The molecule has 1 N–H and O–H groups in total. The van der Waals surface area contributed by atoms with E-state index in [2.05, 4.69) is 16.8 Å². The average molecular weight is 272 g/mol. The normalized spacial score (nSPS) is 10.7. The molecule has 20 heavy (non-hydrogen) atoms. The first-order chi connectivity index (χ1) is 9.61. The van der Waals surface area contributed by atoms with Crippen LogP contribution >= 0.6 is 0 Å². The second kappa shape index (κ2) is 6.37. The highest BCUT2D eigenvalue weighted by atomic mass is 16.4. The topological polar surface area (TPSA) is 53.4 Å². The van der Waals surface area contributed by atoms with E-state index >= 15 is 0 Å². The van der Waals surface area contributed by atoms with Crippen LogP contribution in [0.4, 0.5) is 5.69 Å². The zero-order chi connectivity index (χ0) is 14.5. The zero-order valence-corrected chi connectivity index (χ0v) is 12.0. The number of benzene rings is 1. The van der Waals surface area contributed by atoms with Crippen molar-refractivity contribution in [2.75, 3.05) is 18.5 Å². The maximum absolute atomic E-state index is 10.9. The van der Waals surface area contributed by atoms with Crippen molar-refractivity contribution in [2.24, 2.45) is 0 Å². The Labute approximate surface area is 119 Å². The molecule has 0 fully saturated rings. The summed E-state index contributed by atoms with van der Waals surface area (Å²) in [7, 11) is 2.04. The number of anilines is 1. The predicted molar refractivity (Wildman–Crippen MR) is 81.3 cm³/mol. The number of pyridine rings is 1. The maximum atomic E-state index is 10.9. The fraction of sp³-hybridized carbons (Fsp3) is 0.375. The van der Waals surface area contributed by atoms with Crippen molar-refractivity contribution < 1.29 is 9.90 Å². The summed E-state index contributed by atoms with van der Waals surface area (Å²) in [5.41, 5.74) is 2.51. The van der Waals surface area contributed by atoms with Crippen molar-refractivity contribution in [2.45, 2.75) is 26.2 Å². The largest absolute Gasteiger partial charge is 0.481 e. The minimum absolute atomic E-state index is 0.0422. The molecule has 2 aromatic rings. The number of unbranched alkanes of at least 4 members (excludes halogenated alkanes) is 1. The van der Waals surface area contributed by atoms with E-state index < -0.39 is 5.97 Å². The molecule has 4 heteroatoms. The van der Waals surface area contributed by atoms with Crippen LogP contribution < -0.4 is 4.90 Å². The highest BCUT2D eigenvalue weighted by molar-refractivity contribution is 5.92. The van der Waals surface area contributed by atoms with E-state index in [1.807, 2.05) is 37.4 Å². The number of hydrogen-bond donors (Lipinski definition) is 1. The van der Waals surface area contributed by atoms with Gasteiger partial charge in [0.15, 0.2) is 0 Å². The predicted octanol–water partition coefficient (Wildman–Crippen LogP) is 3.10. The monoisotopic (exact) mass is 272 g/mol. The standard InChI is InChI=1S/C16H20N2O2/c1-3-4-9-18(2)15-10-12(11-16(19)20)17-14-8-6-5-7-13(14)15/h5-8,10H,3-4,9,11H2,1-2H3,(H,19,20). The Morgan fingerprint density at radius 3 is 2.80 bits per heavy atom. The van der Waals surface area contributed by atoms with Crippen molar-refractivity contribution in [1.29, 1.82) is 0 Å². The van der Waals surface area contributed by atoms with Crippen LogP contribution in [0, 0.1) is 0 Å². The van der Waals surface area contributed by atoms with Gasteiger partial charge in [-0.05, 0) is 18.6 Å². The smallest absolute Gasteiger partial charge is 0.309 e. The molecule has 2 rings (SSSR count). The number of carbonyl (C=O) groups is 1. The van der Waals surface area contributed by atoms with E-state index in [-0.39, 0.29) is 6.42 Å². The quantitative estimate of drug-likeness (QED) is 0.878. The zero-order valence-electron chi connectivity index (χ0n) is 12.0. The summed E-state index contributed by atoms with van der Waals surface area (Å²) in [6, 6.07) is 9.77. The van der Waals surface area contributed by atoms with Crippen molar-refractivity contribution in [3.63, 3.8) is 0 Å². The summed E-state index contributed by atoms with van der Waals surface area (Å²) in [4.78, 5) is 17.5. The van der Waals surface area contributed by atoms with Gasteiger partial charge in [0.05, 0.1) is 17.6 Å². The van der Waals surface area contributed by atoms with Gasteiger partial charge in [0.1, 0.15) is 0 Å². The van der Waals surface area contributed by atoms with Gasteiger partial charge in [0, 0.05) is 24.7 Å². The number of para-hydroxylation sites is 1. The molecule has 4 nitrogen and oxygen atoms in total. The summed E-state index contributed by atoms with van der Waals surface area (Å²) in [5, 5.41) is 10.0. The van der Waals surface area contributed by atoms with Gasteiger partial charge in [-0.1, -0.05) is 31.5 Å². The molecule has 0 saturated heterocycles. The molecule has 0 bridgehead atoms. The average Bonchev–Trinajstić information content (AvgIpc) is 2.43. The lowest BCUT2D eigenvalue weighted by Crippen LogP contribution is -2.19. The van der Waals surface area contributed by atoms with E-state index in [0.717, 1.165) is 36.0 Å². The summed E-state index contributed by atoms with van der Waals surface area (Å²) < 4.78 is 0. The van der Waals surface area contributed by atoms with Crippen LogP contribution in [0.2, 0.25) is 0 Å².